The van der Waals surface area contributed by atoms with Crippen molar-refractivity contribution in [2.45, 2.75) is 13.8 Å². The van der Waals surface area contributed by atoms with Gasteiger partial charge in [0.1, 0.15) is 0 Å². The highest BCUT2D eigenvalue weighted by Gasteiger charge is 2.35. The average molecular weight is 588 g/mol. The van der Waals surface area contributed by atoms with Crippen LogP contribution in [-0.2, 0) is 4.79 Å². The lowest BCUT2D eigenvalue weighted by Gasteiger charge is -2.16. The first-order chi connectivity index (χ1) is 15.8. The number of nitrogens with zero attached hydrogens (tertiary/aromatic N) is 2. The molecule has 4 rings (SSSR count). The van der Waals surface area contributed by atoms with Gasteiger partial charge >= 0.3 is 0 Å². The Hall–Kier alpha value is -2.55. The van der Waals surface area contributed by atoms with E-state index in [-0.39, 0.29) is 11.7 Å². The van der Waals surface area contributed by atoms with Gasteiger partial charge in [-0.25, -0.2) is 4.99 Å². The molecule has 1 heterocycles. The molecule has 1 N–H and O–H groups in total. The normalized spacial score (nSPS) is 16.2. The van der Waals surface area contributed by atoms with Gasteiger partial charge in [0.25, 0.3) is 5.91 Å². The van der Waals surface area contributed by atoms with Gasteiger partial charge in [-0.15, -0.1) is 0 Å². The van der Waals surface area contributed by atoms with E-state index < -0.39 is 0 Å². The number of hydrogen-bond donors (Lipinski definition) is 1. The molecule has 0 unspecified atom stereocenters. The maximum Gasteiger partial charge on any atom is 0.271 e. The number of phenolic OH excluding ortho intramolecular Hbond substituents is 1. The number of carbonyl (C=O) groups excluding carboxylic acids is 1. The number of benzene rings is 3. The molecule has 168 valence electrons. The Balaban J connectivity index is 1.82. The van der Waals surface area contributed by atoms with Gasteiger partial charge < -0.3 is 9.84 Å². The van der Waals surface area contributed by atoms with Gasteiger partial charge in [0, 0.05) is 4.47 Å². The van der Waals surface area contributed by atoms with Crippen molar-refractivity contribution in [3.8, 4) is 11.5 Å². The highest BCUT2D eigenvalue weighted by Crippen LogP contribution is 2.44. The molecule has 0 spiro atoms. The van der Waals surface area contributed by atoms with Crippen molar-refractivity contribution in [1.29, 1.82) is 0 Å². The zero-order valence-electron chi connectivity index (χ0n) is 18.1. The number of carbonyl (C=O) groups is 1. The van der Waals surface area contributed by atoms with Crippen molar-refractivity contribution in [3.05, 3.63) is 85.1 Å². The van der Waals surface area contributed by atoms with Crippen molar-refractivity contribution in [2.75, 3.05) is 12.0 Å². The van der Waals surface area contributed by atoms with Gasteiger partial charge in [-0.3, -0.25) is 9.69 Å². The minimum absolute atomic E-state index is 0.0140. The monoisotopic (exact) mass is 586 g/mol. The molecule has 0 aliphatic carbocycles. The molecule has 33 heavy (non-hydrogen) atoms. The molecule has 0 radical (unpaired) electrons. The molecular weight excluding hydrogens is 568 g/mol. The summed E-state index contributed by atoms with van der Waals surface area (Å²) in [5.74, 6) is 0.112. The van der Waals surface area contributed by atoms with E-state index in [2.05, 4.69) is 31.9 Å². The summed E-state index contributed by atoms with van der Waals surface area (Å²) in [6.07, 6.45) is 1.77. The van der Waals surface area contributed by atoms with Crippen LogP contribution in [0.3, 0.4) is 0 Å². The topological polar surface area (TPSA) is 62.1 Å². The predicted octanol–water partition coefficient (Wildman–Crippen LogP) is 7.35. The summed E-state index contributed by atoms with van der Waals surface area (Å²) in [5, 5.41) is 10.8. The fourth-order valence-corrected chi connectivity index (χ4v) is 5.05. The van der Waals surface area contributed by atoms with Crippen molar-refractivity contribution in [3.63, 3.8) is 0 Å². The first-order valence-corrected chi connectivity index (χ1v) is 12.4. The van der Waals surface area contributed by atoms with Gasteiger partial charge in [-0.2, -0.15) is 0 Å². The van der Waals surface area contributed by atoms with Crippen LogP contribution in [0.15, 0.2) is 73.4 Å². The lowest BCUT2D eigenvalue weighted by Crippen LogP contribution is -2.28. The van der Waals surface area contributed by atoms with E-state index in [0.29, 0.717) is 30.3 Å². The number of aryl methyl sites for hydroxylation is 2. The van der Waals surface area contributed by atoms with Gasteiger partial charge in [0.05, 0.1) is 27.9 Å². The molecule has 1 amide bonds. The van der Waals surface area contributed by atoms with E-state index in [9.17, 15) is 9.90 Å². The molecule has 1 aliphatic rings. The number of aliphatic imine (C=N–C) groups is 1. The van der Waals surface area contributed by atoms with Crippen LogP contribution in [0.25, 0.3) is 6.08 Å². The SMILES string of the molecule is COc1cc(C=C2SC(=Nc3ccc(C)cc3)N(c3ccc(C)cc3)C2=O)c(Br)c(Br)c1O. The summed E-state index contributed by atoms with van der Waals surface area (Å²) in [6, 6.07) is 17.3. The van der Waals surface area contributed by atoms with E-state index in [1.807, 2.05) is 62.4 Å². The first kappa shape index (κ1) is 23.6. The number of thioether (sulfide) groups is 1. The molecule has 1 aliphatic heterocycles. The summed E-state index contributed by atoms with van der Waals surface area (Å²) in [6.45, 7) is 4.02. The van der Waals surface area contributed by atoms with Crippen LogP contribution in [0.4, 0.5) is 11.4 Å². The molecule has 0 bridgehead atoms. The Morgan fingerprint density at radius 2 is 1.61 bits per heavy atom. The fraction of sp³-hybridized carbons (Fsp3) is 0.120. The average Bonchev–Trinajstić information content (AvgIpc) is 3.10. The molecule has 0 saturated carbocycles. The van der Waals surface area contributed by atoms with Crippen LogP contribution in [0.2, 0.25) is 0 Å². The number of amidine groups is 1. The molecule has 0 aromatic heterocycles. The number of anilines is 1. The highest BCUT2D eigenvalue weighted by atomic mass is 79.9. The molecule has 8 heteroatoms. The van der Waals surface area contributed by atoms with E-state index in [1.165, 1.54) is 18.9 Å². The summed E-state index contributed by atoms with van der Waals surface area (Å²) in [4.78, 5) is 20.4. The van der Waals surface area contributed by atoms with E-state index in [1.54, 1.807) is 17.0 Å². The largest absolute Gasteiger partial charge is 0.503 e. The number of halogens is 2. The zero-order chi connectivity index (χ0) is 23.7. The van der Waals surface area contributed by atoms with Crippen molar-refractivity contribution >= 4 is 72.1 Å². The summed E-state index contributed by atoms with van der Waals surface area (Å²) >= 11 is 8.17. The van der Waals surface area contributed by atoms with Crippen LogP contribution >= 0.6 is 43.6 Å². The Labute approximate surface area is 213 Å². The second-order valence-corrected chi connectivity index (χ2v) is 10.1. The number of rotatable bonds is 4. The maximum atomic E-state index is 13.5. The summed E-state index contributed by atoms with van der Waals surface area (Å²) in [5.41, 5.74) is 4.45. The zero-order valence-corrected chi connectivity index (χ0v) is 22.1. The lowest BCUT2D eigenvalue weighted by atomic mass is 10.1. The van der Waals surface area contributed by atoms with Crippen LogP contribution in [0.1, 0.15) is 16.7 Å². The van der Waals surface area contributed by atoms with Crippen molar-refractivity contribution < 1.29 is 14.6 Å². The number of hydrogen-bond acceptors (Lipinski definition) is 5. The summed E-state index contributed by atoms with van der Waals surface area (Å²) in [7, 11) is 1.48. The summed E-state index contributed by atoms with van der Waals surface area (Å²) < 4.78 is 6.34. The number of phenols is 1. The van der Waals surface area contributed by atoms with E-state index >= 15 is 0 Å². The number of aromatic hydroxyl groups is 1. The number of methoxy groups -OCH3 is 1. The highest BCUT2D eigenvalue weighted by molar-refractivity contribution is 9.13. The number of ether oxygens (including phenoxy) is 1. The fourth-order valence-electron chi connectivity index (χ4n) is 3.21. The molecule has 3 aromatic rings. The van der Waals surface area contributed by atoms with Gasteiger partial charge in [0.15, 0.2) is 16.7 Å². The second-order valence-electron chi connectivity index (χ2n) is 7.46. The van der Waals surface area contributed by atoms with Gasteiger partial charge in [-0.1, -0.05) is 35.4 Å². The van der Waals surface area contributed by atoms with E-state index in [4.69, 9.17) is 9.73 Å². The van der Waals surface area contributed by atoms with Crippen molar-refractivity contribution in [2.24, 2.45) is 4.99 Å². The quantitative estimate of drug-likeness (QED) is 0.324. The minimum atomic E-state index is -0.176. The Bertz CT molecular complexity index is 1290. The van der Waals surface area contributed by atoms with Gasteiger partial charge in [0.2, 0.25) is 0 Å². The van der Waals surface area contributed by atoms with Crippen molar-refractivity contribution in [1.82, 2.24) is 0 Å². The van der Waals surface area contributed by atoms with Crippen LogP contribution in [-0.4, -0.2) is 23.3 Å². The van der Waals surface area contributed by atoms with Crippen LogP contribution in [0.5, 0.6) is 11.5 Å². The molecular formula is C25H20Br2N2O3S. The third kappa shape index (κ3) is 4.88. The Morgan fingerprint density at radius 1 is 1.00 bits per heavy atom. The lowest BCUT2D eigenvalue weighted by molar-refractivity contribution is -0.113. The van der Waals surface area contributed by atoms with Crippen LogP contribution in [0, 0.1) is 13.8 Å². The smallest absolute Gasteiger partial charge is 0.271 e. The third-order valence-corrected chi connectivity index (χ3v) is 8.17. The molecule has 3 aromatic carbocycles. The second kappa shape index (κ2) is 9.75. The standard InChI is InChI=1S/C25H20Br2N2O3S/c1-14-4-8-17(9-5-14)28-25-29(18-10-6-15(2)7-11-18)24(31)20(33-25)13-16-12-19(32-3)23(30)22(27)21(16)26/h4-13,30H,1-3H3. The predicted molar refractivity (Wildman–Crippen MR) is 143 cm³/mol. The first-order valence-electron chi connectivity index (χ1n) is 9.99. The Kier molecular flexibility index (Phi) is 6.97. The Morgan fingerprint density at radius 3 is 2.21 bits per heavy atom. The maximum absolute atomic E-state index is 13.5. The molecule has 5 nitrogen and oxygen atoms in total. The number of amides is 1. The van der Waals surface area contributed by atoms with Gasteiger partial charge in [-0.05, 0) is 99.4 Å². The molecule has 1 saturated heterocycles. The minimum Gasteiger partial charge on any atom is -0.503 e. The van der Waals surface area contributed by atoms with E-state index in [0.717, 1.165) is 22.5 Å². The third-order valence-electron chi connectivity index (χ3n) is 5.04. The van der Waals surface area contributed by atoms with Crippen LogP contribution < -0.4 is 9.64 Å². The molecule has 1 fully saturated rings. The molecule has 0 atom stereocenters.